The van der Waals surface area contributed by atoms with Gasteiger partial charge in [0, 0.05) is 19.2 Å². The minimum absolute atomic E-state index is 0.0198. The molecule has 134 valence electrons. The lowest BCUT2D eigenvalue weighted by Gasteiger charge is -2.21. The summed E-state index contributed by atoms with van der Waals surface area (Å²) < 4.78 is 39.3. The lowest BCUT2D eigenvalue weighted by atomic mass is 10.1. The molecule has 1 amide bonds. The van der Waals surface area contributed by atoms with Crippen LogP contribution in [0.1, 0.15) is 17.3 Å². The molecule has 0 bridgehead atoms. The summed E-state index contributed by atoms with van der Waals surface area (Å²) in [4.78, 5) is 24.5. The van der Waals surface area contributed by atoms with Gasteiger partial charge in [0.1, 0.15) is 0 Å². The van der Waals surface area contributed by atoms with Gasteiger partial charge in [0.25, 0.3) is 5.91 Å². The molecule has 0 radical (unpaired) electrons. The number of carbonyl (C=O) groups excluding carboxylic acids is 1. The van der Waals surface area contributed by atoms with E-state index in [2.05, 4.69) is 4.74 Å². The minimum Gasteiger partial charge on any atom is -0.493 e. The van der Waals surface area contributed by atoms with Crippen LogP contribution < -0.4 is 14.2 Å². The Bertz CT molecular complexity index is 583. The Morgan fingerprint density at radius 3 is 2.08 bits per heavy atom. The lowest BCUT2D eigenvalue weighted by Crippen LogP contribution is -2.33. The molecule has 0 aliphatic heterocycles. The van der Waals surface area contributed by atoms with Crippen LogP contribution in [0.2, 0.25) is 0 Å². The molecule has 0 aliphatic carbocycles. The molecular formula is C15H19F2NO6. The summed E-state index contributed by atoms with van der Waals surface area (Å²) in [5, 5.41) is 8.90. The molecule has 1 atom stereocenters. The summed E-state index contributed by atoms with van der Waals surface area (Å²) >= 11 is 0. The average Bonchev–Trinajstić information content (AvgIpc) is 2.53. The first-order chi connectivity index (χ1) is 11.2. The first-order valence-corrected chi connectivity index (χ1v) is 6.90. The van der Waals surface area contributed by atoms with Crippen molar-refractivity contribution in [3.63, 3.8) is 0 Å². The van der Waals surface area contributed by atoms with Crippen LogP contribution in [0.15, 0.2) is 12.1 Å². The smallest absolute Gasteiger partial charge is 0.387 e. The molecule has 0 fully saturated rings. The highest BCUT2D eigenvalue weighted by Crippen LogP contribution is 2.39. The highest BCUT2D eigenvalue weighted by Gasteiger charge is 2.23. The summed E-state index contributed by atoms with van der Waals surface area (Å²) in [6.45, 7) is -1.64. The number of alkyl halides is 2. The monoisotopic (exact) mass is 347 g/mol. The van der Waals surface area contributed by atoms with E-state index in [0.29, 0.717) is 0 Å². The largest absolute Gasteiger partial charge is 0.493 e. The maximum absolute atomic E-state index is 12.5. The van der Waals surface area contributed by atoms with E-state index in [1.165, 1.54) is 45.2 Å². The van der Waals surface area contributed by atoms with E-state index in [9.17, 15) is 18.4 Å². The van der Waals surface area contributed by atoms with E-state index in [4.69, 9.17) is 14.6 Å². The second-order valence-electron chi connectivity index (χ2n) is 5.01. The molecule has 0 saturated carbocycles. The number of methoxy groups -OCH3 is 2. The third kappa shape index (κ3) is 4.71. The summed E-state index contributed by atoms with van der Waals surface area (Å²) in [7, 11) is 3.90. The zero-order valence-electron chi connectivity index (χ0n) is 13.7. The van der Waals surface area contributed by atoms with Crippen LogP contribution in [0.3, 0.4) is 0 Å². The fourth-order valence-corrected chi connectivity index (χ4v) is 2.00. The third-order valence-electron chi connectivity index (χ3n) is 3.23. The molecular weight excluding hydrogens is 328 g/mol. The van der Waals surface area contributed by atoms with Crippen LogP contribution in [-0.2, 0) is 4.79 Å². The van der Waals surface area contributed by atoms with Gasteiger partial charge in [0.2, 0.25) is 5.75 Å². The van der Waals surface area contributed by atoms with Gasteiger partial charge in [-0.05, 0) is 12.1 Å². The van der Waals surface area contributed by atoms with Gasteiger partial charge in [-0.15, -0.1) is 0 Å². The Balaban J connectivity index is 3.15. The number of nitrogens with zero attached hydrogens (tertiary/aromatic N) is 1. The van der Waals surface area contributed by atoms with Crippen molar-refractivity contribution in [3.05, 3.63) is 17.7 Å². The zero-order chi connectivity index (χ0) is 18.4. The quantitative estimate of drug-likeness (QED) is 0.775. The minimum atomic E-state index is -3.09. The van der Waals surface area contributed by atoms with Crippen molar-refractivity contribution in [2.24, 2.45) is 5.92 Å². The fourth-order valence-electron chi connectivity index (χ4n) is 2.00. The van der Waals surface area contributed by atoms with E-state index in [1.54, 1.807) is 0 Å². The molecule has 0 aliphatic rings. The highest BCUT2D eigenvalue weighted by molar-refractivity contribution is 5.95. The molecule has 0 saturated heterocycles. The molecule has 1 unspecified atom stereocenters. The van der Waals surface area contributed by atoms with E-state index in [0.717, 1.165) is 0 Å². The lowest BCUT2D eigenvalue weighted by molar-refractivity contribution is -0.141. The Kier molecular flexibility index (Phi) is 6.75. The van der Waals surface area contributed by atoms with Gasteiger partial charge in [0.15, 0.2) is 11.5 Å². The number of hydrogen-bond donors (Lipinski definition) is 1. The van der Waals surface area contributed by atoms with E-state index < -0.39 is 24.4 Å². The number of halogens is 2. The number of amides is 1. The van der Waals surface area contributed by atoms with Crippen molar-refractivity contribution in [2.75, 3.05) is 27.8 Å². The van der Waals surface area contributed by atoms with E-state index in [1.807, 2.05) is 0 Å². The average molecular weight is 347 g/mol. The maximum Gasteiger partial charge on any atom is 0.387 e. The number of rotatable bonds is 8. The predicted molar refractivity (Wildman–Crippen MR) is 79.9 cm³/mol. The first kappa shape index (κ1) is 19.5. The van der Waals surface area contributed by atoms with Crippen LogP contribution in [0.5, 0.6) is 17.2 Å². The van der Waals surface area contributed by atoms with E-state index >= 15 is 0 Å². The standard InChI is InChI=1S/C15H19F2NO6/c1-8(14(20)21)7-18(2)13(19)9-5-10(22-3)12(24-15(16)17)11(6-9)23-4/h5-6,8,15H,7H2,1-4H3,(H,20,21). The van der Waals surface area contributed by atoms with Crippen LogP contribution in [0, 0.1) is 5.92 Å². The molecule has 1 rings (SSSR count). The molecule has 9 heteroatoms. The molecule has 1 aromatic carbocycles. The molecule has 1 N–H and O–H groups in total. The van der Waals surface area contributed by atoms with Crippen LogP contribution in [-0.4, -0.2) is 56.3 Å². The number of carboxylic acid groups (broad SMARTS) is 1. The van der Waals surface area contributed by atoms with Crippen molar-refractivity contribution < 1.29 is 37.7 Å². The van der Waals surface area contributed by atoms with Crippen molar-refractivity contribution in [2.45, 2.75) is 13.5 Å². The van der Waals surface area contributed by atoms with Gasteiger partial charge in [-0.3, -0.25) is 9.59 Å². The Morgan fingerprint density at radius 1 is 1.21 bits per heavy atom. The summed E-state index contributed by atoms with van der Waals surface area (Å²) in [6.07, 6.45) is 0. The van der Waals surface area contributed by atoms with Crippen LogP contribution in [0.4, 0.5) is 8.78 Å². The van der Waals surface area contributed by atoms with E-state index in [-0.39, 0.29) is 29.4 Å². The molecule has 7 nitrogen and oxygen atoms in total. The molecule has 0 spiro atoms. The second-order valence-corrected chi connectivity index (χ2v) is 5.01. The predicted octanol–water partition coefficient (Wildman–Crippen LogP) is 2.10. The molecule has 24 heavy (non-hydrogen) atoms. The van der Waals surface area contributed by atoms with Crippen LogP contribution in [0.25, 0.3) is 0 Å². The fraction of sp³-hybridized carbons (Fsp3) is 0.467. The van der Waals surface area contributed by atoms with Gasteiger partial charge < -0.3 is 24.2 Å². The molecule has 0 heterocycles. The Morgan fingerprint density at radius 2 is 1.71 bits per heavy atom. The second kappa shape index (κ2) is 8.32. The Hall–Kier alpha value is -2.58. The number of ether oxygens (including phenoxy) is 3. The van der Waals surface area contributed by atoms with Gasteiger partial charge in [0.05, 0.1) is 20.1 Å². The number of aliphatic carboxylic acids is 1. The summed E-state index contributed by atoms with van der Waals surface area (Å²) in [6, 6.07) is 2.45. The number of hydrogen-bond acceptors (Lipinski definition) is 5. The van der Waals surface area contributed by atoms with Crippen molar-refractivity contribution in [1.29, 1.82) is 0 Å². The first-order valence-electron chi connectivity index (χ1n) is 6.90. The normalized spacial score (nSPS) is 11.8. The molecule has 0 aromatic heterocycles. The van der Waals surface area contributed by atoms with Crippen molar-refractivity contribution >= 4 is 11.9 Å². The zero-order valence-corrected chi connectivity index (χ0v) is 13.7. The third-order valence-corrected chi connectivity index (χ3v) is 3.23. The number of carbonyl (C=O) groups is 2. The van der Waals surface area contributed by atoms with Gasteiger partial charge in [-0.2, -0.15) is 8.78 Å². The van der Waals surface area contributed by atoms with Gasteiger partial charge in [-0.25, -0.2) is 0 Å². The maximum atomic E-state index is 12.5. The van der Waals surface area contributed by atoms with Crippen molar-refractivity contribution in [1.82, 2.24) is 4.90 Å². The molecule has 1 aromatic rings. The highest BCUT2D eigenvalue weighted by atomic mass is 19.3. The van der Waals surface area contributed by atoms with Gasteiger partial charge in [-0.1, -0.05) is 6.92 Å². The summed E-state index contributed by atoms with van der Waals surface area (Å²) in [5.74, 6) is -2.83. The SMILES string of the molecule is COc1cc(C(=O)N(C)CC(C)C(=O)O)cc(OC)c1OC(F)F. The van der Waals surface area contributed by atoms with Gasteiger partial charge >= 0.3 is 12.6 Å². The number of benzene rings is 1. The topological polar surface area (TPSA) is 85.3 Å². The number of carboxylic acids is 1. The van der Waals surface area contributed by atoms with Crippen LogP contribution >= 0.6 is 0 Å². The summed E-state index contributed by atoms with van der Waals surface area (Å²) in [5.41, 5.74) is 0.0883. The van der Waals surface area contributed by atoms with Crippen molar-refractivity contribution in [3.8, 4) is 17.2 Å². The Labute approximate surface area is 137 Å².